The standard InChI is InChI=1S/C16H8O7/c17-13-9-3-1-7(5-11(9)15(19)22-13)21-8-2-4-10-12(6-8)16(20)23-14(10)18/h1-5,12H,6H2. The molecule has 1 aromatic rings. The number of ether oxygens (including phenoxy) is 3. The van der Waals surface area contributed by atoms with E-state index in [2.05, 4.69) is 9.47 Å². The summed E-state index contributed by atoms with van der Waals surface area (Å²) in [5.74, 6) is -2.52. The van der Waals surface area contributed by atoms with Gasteiger partial charge in [0.05, 0.1) is 22.6 Å². The SMILES string of the molecule is O=C1OC(=O)C2CC(Oc3ccc4c(c3)C(=O)OC4=O)=CC=C12. The number of allylic oxidation sites excluding steroid dienone is 3. The Bertz CT molecular complexity index is 859. The lowest BCUT2D eigenvalue weighted by atomic mass is 9.92. The zero-order chi connectivity index (χ0) is 16.1. The number of carbonyl (C=O) groups is 4. The third-order valence-corrected chi connectivity index (χ3v) is 3.81. The van der Waals surface area contributed by atoms with Gasteiger partial charge in [-0.15, -0.1) is 0 Å². The zero-order valence-corrected chi connectivity index (χ0v) is 11.5. The molecule has 1 aliphatic carbocycles. The van der Waals surface area contributed by atoms with Crippen LogP contribution in [0.15, 0.2) is 41.7 Å². The number of cyclic esters (lactones) is 4. The van der Waals surface area contributed by atoms with Gasteiger partial charge in [0.2, 0.25) is 0 Å². The van der Waals surface area contributed by atoms with Crippen LogP contribution in [0.4, 0.5) is 0 Å². The first kappa shape index (κ1) is 13.4. The molecule has 3 aliphatic rings. The molecule has 1 atom stereocenters. The molecule has 1 fully saturated rings. The van der Waals surface area contributed by atoms with E-state index < -0.39 is 29.8 Å². The van der Waals surface area contributed by atoms with E-state index >= 15 is 0 Å². The van der Waals surface area contributed by atoms with Gasteiger partial charge in [-0.1, -0.05) is 0 Å². The van der Waals surface area contributed by atoms with Gasteiger partial charge >= 0.3 is 23.9 Å². The van der Waals surface area contributed by atoms with Crippen molar-refractivity contribution in [2.24, 2.45) is 5.92 Å². The van der Waals surface area contributed by atoms with E-state index in [4.69, 9.17) is 4.74 Å². The summed E-state index contributed by atoms with van der Waals surface area (Å²) in [4.78, 5) is 45.9. The van der Waals surface area contributed by atoms with Crippen molar-refractivity contribution in [3.8, 4) is 5.75 Å². The van der Waals surface area contributed by atoms with Crippen LogP contribution in [0.5, 0.6) is 5.75 Å². The second kappa shape index (κ2) is 4.64. The summed E-state index contributed by atoms with van der Waals surface area (Å²) in [5, 5.41) is 0. The van der Waals surface area contributed by atoms with E-state index in [0.717, 1.165) is 0 Å². The molecule has 2 aliphatic heterocycles. The minimum atomic E-state index is -0.722. The Kier molecular flexibility index (Phi) is 2.71. The largest absolute Gasteiger partial charge is 0.462 e. The molecule has 1 unspecified atom stereocenters. The van der Waals surface area contributed by atoms with Crippen LogP contribution in [-0.4, -0.2) is 23.9 Å². The predicted octanol–water partition coefficient (Wildman–Crippen LogP) is 1.29. The molecule has 0 spiro atoms. The molecule has 114 valence electrons. The third-order valence-electron chi connectivity index (χ3n) is 3.81. The molecule has 7 nitrogen and oxygen atoms in total. The van der Waals surface area contributed by atoms with Gasteiger partial charge in [-0.05, 0) is 30.4 Å². The highest BCUT2D eigenvalue weighted by Gasteiger charge is 2.41. The van der Waals surface area contributed by atoms with Gasteiger partial charge in [0.25, 0.3) is 0 Å². The first-order valence-electron chi connectivity index (χ1n) is 6.78. The summed E-state index contributed by atoms with van der Waals surface area (Å²) in [6.45, 7) is 0. The van der Waals surface area contributed by atoms with Crippen molar-refractivity contribution in [1.82, 2.24) is 0 Å². The van der Waals surface area contributed by atoms with Crippen LogP contribution < -0.4 is 4.74 Å². The average molecular weight is 312 g/mol. The molecule has 23 heavy (non-hydrogen) atoms. The Balaban J connectivity index is 1.60. The van der Waals surface area contributed by atoms with Crippen molar-refractivity contribution in [3.05, 3.63) is 52.8 Å². The van der Waals surface area contributed by atoms with Gasteiger partial charge in [-0.3, -0.25) is 4.79 Å². The molecule has 0 amide bonds. The van der Waals surface area contributed by atoms with E-state index in [-0.39, 0.29) is 17.5 Å². The lowest BCUT2D eigenvalue weighted by molar-refractivity contribution is -0.152. The molecule has 0 radical (unpaired) electrons. The molecule has 0 N–H and O–H groups in total. The molecule has 4 rings (SSSR count). The van der Waals surface area contributed by atoms with Crippen LogP contribution in [0.1, 0.15) is 27.1 Å². The summed E-state index contributed by atoms with van der Waals surface area (Å²) in [6.07, 6.45) is 3.25. The highest BCUT2D eigenvalue weighted by molar-refractivity contribution is 6.14. The Labute approximate surface area is 129 Å². The maximum Gasteiger partial charge on any atom is 0.347 e. The Morgan fingerprint density at radius 1 is 0.913 bits per heavy atom. The second-order valence-electron chi connectivity index (χ2n) is 5.21. The topological polar surface area (TPSA) is 96.0 Å². The number of hydrogen-bond donors (Lipinski definition) is 0. The molecular weight excluding hydrogens is 304 g/mol. The van der Waals surface area contributed by atoms with Crippen molar-refractivity contribution in [2.75, 3.05) is 0 Å². The van der Waals surface area contributed by atoms with E-state index in [1.165, 1.54) is 24.3 Å². The van der Waals surface area contributed by atoms with Crippen molar-refractivity contribution >= 4 is 23.9 Å². The third kappa shape index (κ3) is 2.05. The first-order chi connectivity index (χ1) is 11.0. The van der Waals surface area contributed by atoms with E-state index in [9.17, 15) is 19.2 Å². The minimum absolute atomic E-state index is 0.135. The van der Waals surface area contributed by atoms with E-state index in [1.54, 1.807) is 6.08 Å². The number of benzene rings is 1. The molecule has 2 heterocycles. The van der Waals surface area contributed by atoms with Gasteiger partial charge < -0.3 is 14.2 Å². The fourth-order valence-electron chi connectivity index (χ4n) is 2.68. The predicted molar refractivity (Wildman–Crippen MR) is 72.2 cm³/mol. The van der Waals surface area contributed by atoms with Gasteiger partial charge in [-0.2, -0.15) is 0 Å². The average Bonchev–Trinajstić information content (AvgIpc) is 2.96. The van der Waals surface area contributed by atoms with Gasteiger partial charge in [-0.25, -0.2) is 14.4 Å². The molecule has 0 aromatic heterocycles. The summed E-state index contributed by atoms with van der Waals surface area (Å²) in [6, 6.07) is 4.37. The number of esters is 4. The van der Waals surface area contributed by atoms with Crippen molar-refractivity contribution in [2.45, 2.75) is 6.42 Å². The van der Waals surface area contributed by atoms with Crippen LogP contribution in [-0.2, 0) is 19.1 Å². The van der Waals surface area contributed by atoms with Crippen molar-refractivity contribution in [1.29, 1.82) is 0 Å². The lowest BCUT2D eigenvalue weighted by Gasteiger charge is -2.15. The fourth-order valence-corrected chi connectivity index (χ4v) is 2.68. The summed E-state index contributed by atoms with van der Waals surface area (Å²) in [5.41, 5.74) is 0.633. The Morgan fingerprint density at radius 2 is 1.70 bits per heavy atom. The Morgan fingerprint density at radius 3 is 2.52 bits per heavy atom. The number of fused-ring (bicyclic) bond motifs is 2. The first-order valence-corrected chi connectivity index (χ1v) is 6.78. The zero-order valence-electron chi connectivity index (χ0n) is 11.5. The van der Waals surface area contributed by atoms with Crippen LogP contribution in [0.3, 0.4) is 0 Å². The van der Waals surface area contributed by atoms with Gasteiger partial charge in [0.1, 0.15) is 11.5 Å². The van der Waals surface area contributed by atoms with E-state index in [0.29, 0.717) is 17.1 Å². The second-order valence-corrected chi connectivity index (χ2v) is 5.21. The highest BCUT2D eigenvalue weighted by atomic mass is 16.6. The van der Waals surface area contributed by atoms with Crippen molar-refractivity contribution < 1.29 is 33.4 Å². The summed E-state index contributed by atoms with van der Waals surface area (Å²) < 4.78 is 14.7. The maximum atomic E-state index is 11.6. The van der Waals surface area contributed by atoms with Crippen LogP contribution >= 0.6 is 0 Å². The van der Waals surface area contributed by atoms with Crippen LogP contribution in [0, 0.1) is 5.92 Å². The van der Waals surface area contributed by atoms with Gasteiger partial charge in [0, 0.05) is 6.42 Å². The number of carbonyl (C=O) groups excluding carboxylic acids is 4. The molecular formula is C16H8O7. The normalized spacial score (nSPS) is 22.0. The van der Waals surface area contributed by atoms with E-state index in [1.807, 2.05) is 0 Å². The van der Waals surface area contributed by atoms with Crippen LogP contribution in [0.25, 0.3) is 0 Å². The number of hydrogen-bond acceptors (Lipinski definition) is 7. The monoisotopic (exact) mass is 312 g/mol. The smallest absolute Gasteiger partial charge is 0.347 e. The maximum absolute atomic E-state index is 11.6. The molecule has 1 aromatic carbocycles. The highest BCUT2D eigenvalue weighted by Crippen LogP contribution is 2.34. The summed E-state index contributed by atoms with van der Waals surface area (Å²) >= 11 is 0. The molecule has 1 saturated heterocycles. The van der Waals surface area contributed by atoms with Crippen LogP contribution in [0.2, 0.25) is 0 Å². The molecule has 7 heteroatoms. The molecule has 0 saturated carbocycles. The fraction of sp³-hybridized carbons (Fsp3) is 0.125. The van der Waals surface area contributed by atoms with Crippen molar-refractivity contribution in [3.63, 3.8) is 0 Å². The number of rotatable bonds is 2. The Hall–Kier alpha value is -3.22. The summed E-state index contributed by atoms with van der Waals surface area (Å²) in [7, 11) is 0. The van der Waals surface area contributed by atoms with Gasteiger partial charge in [0.15, 0.2) is 0 Å². The quantitative estimate of drug-likeness (QED) is 0.599. The molecule has 0 bridgehead atoms. The lowest BCUT2D eigenvalue weighted by Crippen LogP contribution is -2.15. The minimum Gasteiger partial charge on any atom is -0.462 e.